The molecule has 0 saturated heterocycles. The molecule has 1 amide bonds. The van der Waals surface area contributed by atoms with E-state index in [1.165, 1.54) is 11.3 Å². The summed E-state index contributed by atoms with van der Waals surface area (Å²) in [5, 5.41) is 15.5. The molecule has 3 rings (SSSR count). The number of ether oxygens (including phenoxy) is 1. The summed E-state index contributed by atoms with van der Waals surface area (Å²) in [5.74, 6) is -0.160. The van der Waals surface area contributed by atoms with Crippen molar-refractivity contribution >= 4 is 22.4 Å². The van der Waals surface area contributed by atoms with Gasteiger partial charge in [-0.2, -0.15) is 0 Å². The number of nitro groups is 1. The highest BCUT2D eigenvalue weighted by Gasteiger charge is 2.53. The molecule has 1 saturated carbocycles. The number of hydrogen-bond acceptors (Lipinski definition) is 6. The first-order chi connectivity index (χ1) is 11.1. The fraction of sp³-hybridized carbons (Fsp3) is 0.333. The molecule has 1 aliphatic carbocycles. The Morgan fingerprint density at radius 1 is 1.52 bits per heavy atom. The zero-order chi connectivity index (χ0) is 16.4. The van der Waals surface area contributed by atoms with Crippen LogP contribution in [0, 0.1) is 16.0 Å². The minimum atomic E-state index is -0.756. The van der Waals surface area contributed by atoms with E-state index < -0.39 is 16.9 Å². The Morgan fingerprint density at radius 3 is 3.00 bits per heavy atom. The third-order valence-corrected chi connectivity index (χ3v) is 4.32. The average Bonchev–Trinajstić information content (AvgIpc) is 3.22. The first-order valence-electron chi connectivity index (χ1n) is 7.22. The van der Waals surface area contributed by atoms with Crippen LogP contribution in [0.2, 0.25) is 0 Å². The summed E-state index contributed by atoms with van der Waals surface area (Å²) in [4.78, 5) is 26.5. The highest BCUT2D eigenvalue weighted by atomic mass is 32.1. The molecule has 0 aliphatic heterocycles. The van der Waals surface area contributed by atoms with Crippen LogP contribution < -0.4 is 10.1 Å². The Balaban J connectivity index is 1.72. The normalized spacial score (nSPS) is 19.2. The van der Waals surface area contributed by atoms with E-state index >= 15 is 0 Å². The lowest BCUT2D eigenvalue weighted by Crippen LogP contribution is -2.18. The summed E-state index contributed by atoms with van der Waals surface area (Å²) in [7, 11) is 0. The number of rotatable bonds is 6. The number of thiazole rings is 1. The van der Waals surface area contributed by atoms with Gasteiger partial charge in [-0.05, 0) is 19.1 Å². The van der Waals surface area contributed by atoms with Crippen LogP contribution in [-0.4, -0.2) is 28.5 Å². The third kappa shape index (κ3) is 3.31. The molecule has 1 heterocycles. The second-order valence-corrected chi connectivity index (χ2v) is 6.01. The van der Waals surface area contributed by atoms with Crippen LogP contribution in [0.3, 0.4) is 0 Å². The lowest BCUT2D eigenvalue weighted by atomic mass is 10.1. The number of benzene rings is 1. The van der Waals surface area contributed by atoms with Gasteiger partial charge in [-0.3, -0.25) is 14.9 Å². The zero-order valence-electron chi connectivity index (χ0n) is 12.4. The third-order valence-electron chi connectivity index (χ3n) is 3.56. The average molecular weight is 333 g/mol. The molecule has 0 unspecified atom stereocenters. The topological polar surface area (TPSA) is 94.4 Å². The van der Waals surface area contributed by atoms with Gasteiger partial charge in [0.05, 0.1) is 12.3 Å². The second-order valence-electron chi connectivity index (χ2n) is 5.15. The van der Waals surface area contributed by atoms with Crippen LogP contribution in [0.5, 0.6) is 5.75 Å². The van der Waals surface area contributed by atoms with Crippen molar-refractivity contribution in [2.45, 2.75) is 19.4 Å². The molecule has 0 radical (unpaired) electrons. The minimum Gasteiger partial charge on any atom is -0.493 e. The van der Waals surface area contributed by atoms with E-state index in [0.717, 1.165) is 11.3 Å². The van der Waals surface area contributed by atoms with Crippen LogP contribution in [0.15, 0.2) is 29.6 Å². The van der Waals surface area contributed by atoms with Gasteiger partial charge in [-0.1, -0.05) is 12.1 Å². The maximum Gasteiger partial charge on any atom is 0.236 e. The van der Waals surface area contributed by atoms with Crippen LogP contribution in [0.1, 0.15) is 13.3 Å². The van der Waals surface area contributed by atoms with Gasteiger partial charge in [0.2, 0.25) is 11.9 Å². The molecule has 0 spiro atoms. The van der Waals surface area contributed by atoms with Gasteiger partial charge in [-0.25, -0.2) is 4.98 Å². The molecule has 1 fully saturated rings. The second kappa shape index (κ2) is 6.33. The smallest absolute Gasteiger partial charge is 0.236 e. The summed E-state index contributed by atoms with van der Waals surface area (Å²) >= 11 is 1.29. The van der Waals surface area contributed by atoms with E-state index in [-0.39, 0.29) is 5.91 Å². The summed E-state index contributed by atoms with van der Waals surface area (Å²) in [6.45, 7) is 2.46. The molecule has 7 nitrogen and oxygen atoms in total. The van der Waals surface area contributed by atoms with Crippen molar-refractivity contribution in [3.63, 3.8) is 0 Å². The Bertz CT molecular complexity index is 746. The Labute approximate surface area is 136 Å². The predicted octanol–water partition coefficient (Wildman–Crippen LogP) is 2.81. The van der Waals surface area contributed by atoms with E-state index in [0.29, 0.717) is 23.9 Å². The predicted molar refractivity (Wildman–Crippen MR) is 86.2 cm³/mol. The van der Waals surface area contributed by atoms with Gasteiger partial charge in [0, 0.05) is 22.3 Å². The van der Waals surface area contributed by atoms with Gasteiger partial charge < -0.3 is 10.1 Å². The number of hydrogen-bond donors (Lipinski definition) is 1. The van der Waals surface area contributed by atoms with E-state index in [4.69, 9.17) is 4.74 Å². The molecule has 1 aliphatic rings. The SMILES string of the molecule is CCOc1ccccc1-c1csc(NC(=O)[C@@H]2C[C@@H]2[N+](=O)[O-])n1. The molecule has 23 heavy (non-hydrogen) atoms. The van der Waals surface area contributed by atoms with Crippen LogP contribution in [0.4, 0.5) is 5.13 Å². The number of para-hydroxylation sites is 1. The maximum absolute atomic E-state index is 11.9. The number of carbonyl (C=O) groups is 1. The molecule has 8 heteroatoms. The molecule has 120 valence electrons. The quantitative estimate of drug-likeness (QED) is 0.648. The summed E-state index contributed by atoms with van der Waals surface area (Å²) in [6, 6.07) is 6.78. The highest BCUT2D eigenvalue weighted by molar-refractivity contribution is 7.14. The van der Waals surface area contributed by atoms with Crippen molar-refractivity contribution in [2.24, 2.45) is 5.92 Å². The number of nitrogens with one attached hydrogen (secondary N) is 1. The Hall–Kier alpha value is -2.48. The standard InChI is InChI=1S/C15H15N3O4S/c1-2-22-13-6-4-3-5-9(13)11-8-23-15(16-11)17-14(19)10-7-12(10)18(20)21/h3-6,8,10,12H,2,7H2,1H3,(H,16,17,19)/t10-,12+/m1/s1. The summed E-state index contributed by atoms with van der Waals surface area (Å²) in [5.41, 5.74) is 1.55. The molecule has 2 atom stereocenters. The Kier molecular flexibility index (Phi) is 4.24. The fourth-order valence-corrected chi connectivity index (χ4v) is 3.02. The van der Waals surface area contributed by atoms with Crippen molar-refractivity contribution < 1.29 is 14.5 Å². The molecule has 0 bridgehead atoms. The lowest BCUT2D eigenvalue weighted by Gasteiger charge is -2.07. The van der Waals surface area contributed by atoms with Crippen LogP contribution in [0.25, 0.3) is 11.3 Å². The number of amides is 1. The monoisotopic (exact) mass is 333 g/mol. The van der Waals surface area contributed by atoms with Crippen molar-refractivity contribution in [2.75, 3.05) is 11.9 Å². The highest BCUT2D eigenvalue weighted by Crippen LogP contribution is 2.36. The fourth-order valence-electron chi connectivity index (χ4n) is 2.31. The van der Waals surface area contributed by atoms with Crippen molar-refractivity contribution in [3.8, 4) is 17.0 Å². The van der Waals surface area contributed by atoms with Crippen molar-refractivity contribution in [1.29, 1.82) is 0 Å². The van der Waals surface area contributed by atoms with Crippen LogP contribution in [-0.2, 0) is 4.79 Å². The van der Waals surface area contributed by atoms with Crippen molar-refractivity contribution in [3.05, 3.63) is 39.8 Å². The number of nitrogens with zero attached hydrogens (tertiary/aromatic N) is 2. The summed E-state index contributed by atoms with van der Waals surface area (Å²) < 4.78 is 5.57. The van der Waals surface area contributed by atoms with E-state index in [2.05, 4.69) is 10.3 Å². The first-order valence-corrected chi connectivity index (χ1v) is 8.10. The van der Waals surface area contributed by atoms with Gasteiger partial charge in [0.15, 0.2) is 5.13 Å². The molecule has 1 aromatic carbocycles. The maximum atomic E-state index is 11.9. The Morgan fingerprint density at radius 2 is 2.30 bits per heavy atom. The molecule has 1 aromatic heterocycles. The zero-order valence-corrected chi connectivity index (χ0v) is 13.2. The van der Waals surface area contributed by atoms with Crippen LogP contribution >= 0.6 is 11.3 Å². The largest absolute Gasteiger partial charge is 0.493 e. The van der Waals surface area contributed by atoms with Gasteiger partial charge in [0.25, 0.3) is 0 Å². The van der Waals surface area contributed by atoms with E-state index in [1.807, 2.05) is 36.6 Å². The minimum absolute atomic E-state index is 0.296. The summed E-state index contributed by atoms with van der Waals surface area (Å²) in [6.07, 6.45) is 0.296. The lowest BCUT2D eigenvalue weighted by molar-refractivity contribution is -0.497. The molecule has 2 aromatic rings. The molecular weight excluding hydrogens is 318 g/mol. The van der Waals surface area contributed by atoms with E-state index in [1.54, 1.807) is 0 Å². The number of aromatic nitrogens is 1. The first kappa shape index (κ1) is 15.4. The van der Waals surface area contributed by atoms with Crippen molar-refractivity contribution in [1.82, 2.24) is 4.98 Å². The number of carbonyl (C=O) groups excluding carboxylic acids is 1. The van der Waals surface area contributed by atoms with Gasteiger partial charge >= 0.3 is 0 Å². The molecule has 1 N–H and O–H groups in total. The van der Waals surface area contributed by atoms with Gasteiger partial charge in [-0.15, -0.1) is 11.3 Å². The van der Waals surface area contributed by atoms with Gasteiger partial charge in [0.1, 0.15) is 11.7 Å². The van der Waals surface area contributed by atoms with E-state index in [9.17, 15) is 14.9 Å². The number of anilines is 1. The molecular formula is C15H15N3O4S.